The van der Waals surface area contributed by atoms with E-state index in [1.807, 2.05) is 0 Å². The average molecular weight is 375 g/mol. The van der Waals surface area contributed by atoms with Gasteiger partial charge in [-0.3, -0.25) is 9.59 Å². The maximum atomic E-state index is 12.4. The van der Waals surface area contributed by atoms with Gasteiger partial charge in [0, 0.05) is 18.5 Å². The molecular formula is C19H21NO5S. The molecule has 6 nitrogen and oxygen atoms in total. The summed E-state index contributed by atoms with van der Waals surface area (Å²) in [7, 11) is -3.49. The Labute approximate surface area is 152 Å². The molecule has 2 aromatic rings. The van der Waals surface area contributed by atoms with Crippen LogP contribution in [0, 0.1) is 5.92 Å². The lowest BCUT2D eigenvalue weighted by Gasteiger charge is -2.11. The maximum absolute atomic E-state index is 12.4. The van der Waals surface area contributed by atoms with Crippen molar-refractivity contribution in [1.82, 2.24) is 5.32 Å². The Bertz CT molecular complexity index is 878. The molecule has 0 aliphatic heterocycles. The standard InChI is InChI=1S/C19H21NO5S/c1-14(10-18(21)22)12-20-19(23)16-7-5-6-15(11-16)13-26(24,25)17-8-3-2-4-9-17/h2-9,11,14H,10,12-13H2,1H3,(H,20,23)(H,21,22). The molecule has 0 fully saturated rings. The van der Waals surface area contributed by atoms with E-state index in [0.717, 1.165) is 0 Å². The SMILES string of the molecule is CC(CNC(=O)c1cccc(CS(=O)(=O)c2ccccc2)c1)CC(=O)O. The third-order valence-electron chi connectivity index (χ3n) is 3.78. The summed E-state index contributed by atoms with van der Waals surface area (Å²) in [5.74, 6) is -1.67. The lowest BCUT2D eigenvalue weighted by molar-refractivity contribution is -0.137. The van der Waals surface area contributed by atoms with Gasteiger partial charge in [-0.05, 0) is 35.7 Å². The normalized spacial score (nSPS) is 12.3. The minimum Gasteiger partial charge on any atom is -0.481 e. The quantitative estimate of drug-likeness (QED) is 0.738. The Morgan fingerprint density at radius 3 is 2.42 bits per heavy atom. The van der Waals surface area contributed by atoms with Crippen molar-refractivity contribution >= 4 is 21.7 Å². The Hall–Kier alpha value is -2.67. The van der Waals surface area contributed by atoms with Crippen molar-refractivity contribution in [2.24, 2.45) is 5.92 Å². The summed E-state index contributed by atoms with van der Waals surface area (Å²) in [6.07, 6.45) is -0.0321. The Balaban J connectivity index is 2.05. The minimum atomic E-state index is -3.49. The molecule has 138 valence electrons. The summed E-state index contributed by atoms with van der Waals surface area (Å²) in [6.45, 7) is 1.97. The number of nitrogens with one attached hydrogen (secondary N) is 1. The van der Waals surface area contributed by atoms with Crippen LogP contribution in [-0.4, -0.2) is 31.9 Å². The van der Waals surface area contributed by atoms with Crippen LogP contribution in [0.2, 0.25) is 0 Å². The van der Waals surface area contributed by atoms with E-state index in [-0.39, 0.29) is 35.4 Å². The molecule has 0 aliphatic carbocycles. The van der Waals surface area contributed by atoms with Gasteiger partial charge in [0.25, 0.3) is 5.91 Å². The number of hydrogen-bond donors (Lipinski definition) is 2. The van der Waals surface area contributed by atoms with Crippen LogP contribution in [0.5, 0.6) is 0 Å². The number of rotatable bonds is 8. The number of benzene rings is 2. The molecule has 1 atom stereocenters. The highest BCUT2D eigenvalue weighted by molar-refractivity contribution is 7.90. The van der Waals surface area contributed by atoms with Crippen molar-refractivity contribution in [2.45, 2.75) is 24.0 Å². The Morgan fingerprint density at radius 2 is 1.77 bits per heavy atom. The summed E-state index contributed by atoms with van der Waals surface area (Å²) < 4.78 is 24.9. The van der Waals surface area contributed by atoms with E-state index in [1.54, 1.807) is 43.3 Å². The number of sulfone groups is 1. The van der Waals surface area contributed by atoms with Crippen LogP contribution >= 0.6 is 0 Å². The van der Waals surface area contributed by atoms with Crippen molar-refractivity contribution in [2.75, 3.05) is 6.54 Å². The molecule has 0 aromatic heterocycles. The number of amides is 1. The van der Waals surface area contributed by atoms with Crippen molar-refractivity contribution in [3.63, 3.8) is 0 Å². The highest BCUT2D eigenvalue weighted by Gasteiger charge is 2.16. The number of carboxylic acid groups (broad SMARTS) is 1. The summed E-state index contributed by atoms with van der Waals surface area (Å²) in [5, 5.41) is 11.4. The zero-order chi connectivity index (χ0) is 19.2. The third-order valence-corrected chi connectivity index (χ3v) is 5.49. The van der Waals surface area contributed by atoms with Gasteiger partial charge in [0.2, 0.25) is 0 Å². The summed E-state index contributed by atoms with van der Waals surface area (Å²) in [4.78, 5) is 23.1. The second-order valence-corrected chi connectivity index (χ2v) is 8.18. The molecule has 0 bridgehead atoms. The van der Waals surface area contributed by atoms with Crippen LogP contribution in [0.1, 0.15) is 29.3 Å². The molecule has 1 amide bonds. The van der Waals surface area contributed by atoms with Gasteiger partial charge in [-0.2, -0.15) is 0 Å². The smallest absolute Gasteiger partial charge is 0.303 e. The first-order chi connectivity index (χ1) is 12.3. The fourth-order valence-electron chi connectivity index (χ4n) is 2.47. The zero-order valence-electron chi connectivity index (χ0n) is 14.4. The van der Waals surface area contributed by atoms with Gasteiger partial charge in [0.05, 0.1) is 10.6 Å². The average Bonchev–Trinajstić information content (AvgIpc) is 2.60. The zero-order valence-corrected chi connectivity index (χ0v) is 15.2. The van der Waals surface area contributed by atoms with E-state index in [1.165, 1.54) is 18.2 Å². The molecule has 1 unspecified atom stereocenters. The second kappa shape index (κ2) is 8.62. The number of carboxylic acids is 1. The van der Waals surface area contributed by atoms with E-state index >= 15 is 0 Å². The van der Waals surface area contributed by atoms with Crippen LogP contribution in [0.15, 0.2) is 59.5 Å². The van der Waals surface area contributed by atoms with Crippen LogP contribution < -0.4 is 5.32 Å². The molecule has 2 aromatic carbocycles. The molecule has 26 heavy (non-hydrogen) atoms. The van der Waals surface area contributed by atoms with Gasteiger partial charge in [0.1, 0.15) is 0 Å². The summed E-state index contributed by atoms with van der Waals surface area (Å²) >= 11 is 0. The van der Waals surface area contributed by atoms with Gasteiger partial charge < -0.3 is 10.4 Å². The number of hydrogen-bond acceptors (Lipinski definition) is 4. The summed E-state index contributed by atoms with van der Waals surface area (Å²) in [5.41, 5.74) is 0.855. The first-order valence-corrected chi connectivity index (χ1v) is 9.80. The molecule has 0 radical (unpaired) electrons. The van der Waals surface area contributed by atoms with Crippen LogP contribution in [0.25, 0.3) is 0 Å². The number of carbonyl (C=O) groups excluding carboxylic acids is 1. The molecule has 0 heterocycles. The van der Waals surface area contributed by atoms with E-state index in [9.17, 15) is 18.0 Å². The lowest BCUT2D eigenvalue weighted by Crippen LogP contribution is -2.29. The second-order valence-electron chi connectivity index (χ2n) is 6.19. The summed E-state index contributed by atoms with van der Waals surface area (Å²) in [6, 6.07) is 14.6. The molecule has 7 heteroatoms. The Kier molecular flexibility index (Phi) is 6.52. The highest BCUT2D eigenvalue weighted by atomic mass is 32.2. The van der Waals surface area contributed by atoms with E-state index in [2.05, 4.69) is 5.32 Å². The first kappa shape index (κ1) is 19.7. The van der Waals surface area contributed by atoms with Crippen molar-refractivity contribution in [3.8, 4) is 0 Å². The highest BCUT2D eigenvalue weighted by Crippen LogP contribution is 2.17. The fraction of sp³-hybridized carbons (Fsp3) is 0.263. The molecule has 0 saturated carbocycles. The number of aliphatic carboxylic acids is 1. The molecule has 0 saturated heterocycles. The van der Waals surface area contributed by atoms with Crippen LogP contribution in [0.4, 0.5) is 0 Å². The van der Waals surface area contributed by atoms with Crippen molar-refractivity contribution < 1.29 is 23.1 Å². The van der Waals surface area contributed by atoms with E-state index < -0.39 is 15.8 Å². The molecule has 2 rings (SSSR count). The largest absolute Gasteiger partial charge is 0.481 e. The molecular weight excluding hydrogens is 354 g/mol. The predicted molar refractivity (Wildman–Crippen MR) is 97.5 cm³/mol. The lowest BCUT2D eigenvalue weighted by atomic mass is 10.1. The molecule has 0 aliphatic rings. The van der Waals surface area contributed by atoms with Gasteiger partial charge >= 0.3 is 5.97 Å². The topological polar surface area (TPSA) is 101 Å². The van der Waals surface area contributed by atoms with Crippen LogP contribution in [-0.2, 0) is 20.4 Å². The monoisotopic (exact) mass is 375 g/mol. The molecule has 0 spiro atoms. The van der Waals surface area contributed by atoms with Crippen LogP contribution in [0.3, 0.4) is 0 Å². The van der Waals surface area contributed by atoms with Gasteiger partial charge in [-0.15, -0.1) is 0 Å². The third kappa shape index (κ3) is 5.70. The minimum absolute atomic E-state index is 0.0321. The van der Waals surface area contributed by atoms with Crippen molar-refractivity contribution in [3.05, 3.63) is 65.7 Å². The first-order valence-electron chi connectivity index (χ1n) is 8.14. The fourth-order valence-corrected chi connectivity index (χ4v) is 3.83. The van der Waals surface area contributed by atoms with Gasteiger partial charge in [-0.25, -0.2) is 8.42 Å². The molecule has 2 N–H and O–H groups in total. The maximum Gasteiger partial charge on any atom is 0.303 e. The van der Waals surface area contributed by atoms with Crippen molar-refractivity contribution in [1.29, 1.82) is 0 Å². The van der Waals surface area contributed by atoms with Gasteiger partial charge in [-0.1, -0.05) is 37.3 Å². The number of carbonyl (C=O) groups is 2. The van der Waals surface area contributed by atoms with Gasteiger partial charge in [0.15, 0.2) is 9.84 Å². The predicted octanol–water partition coefficient (Wildman–Crippen LogP) is 2.50. The Morgan fingerprint density at radius 1 is 1.08 bits per heavy atom. The van der Waals surface area contributed by atoms with E-state index in [4.69, 9.17) is 5.11 Å². The van der Waals surface area contributed by atoms with E-state index in [0.29, 0.717) is 11.1 Å².